The Morgan fingerprint density at radius 3 is 2.43 bits per heavy atom. The maximum atomic E-state index is 12.0. The molecule has 0 atom stereocenters. The molecule has 7 heteroatoms. The van der Waals surface area contributed by atoms with Crippen LogP contribution in [0.3, 0.4) is 0 Å². The van der Waals surface area contributed by atoms with Crippen LogP contribution in [0.2, 0.25) is 0 Å². The number of aromatic nitrogens is 1. The quantitative estimate of drug-likeness (QED) is 0.494. The van der Waals surface area contributed by atoms with Crippen LogP contribution in [-0.4, -0.2) is 43.5 Å². The molecule has 0 unspecified atom stereocenters. The summed E-state index contributed by atoms with van der Waals surface area (Å²) in [5.41, 5.74) is 3.08. The van der Waals surface area contributed by atoms with Gasteiger partial charge >= 0.3 is 5.97 Å². The van der Waals surface area contributed by atoms with Gasteiger partial charge < -0.3 is 29.2 Å². The van der Waals surface area contributed by atoms with Crippen molar-refractivity contribution < 1.29 is 24.1 Å². The molecule has 0 aliphatic carbocycles. The van der Waals surface area contributed by atoms with Gasteiger partial charge in [-0.1, -0.05) is 6.07 Å². The van der Waals surface area contributed by atoms with E-state index in [2.05, 4.69) is 5.32 Å². The number of nitrogens with zero attached hydrogens (tertiary/aromatic N) is 1. The Kier molecular flexibility index (Phi) is 6.84. The number of carboxylic acid groups (broad SMARTS) is 1. The lowest BCUT2D eigenvalue weighted by atomic mass is 10.1. The van der Waals surface area contributed by atoms with Gasteiger partial charge in [0.2, 0.25) is 0 Å². The number of hydrogen-bond donors (Lipinski definition) is 2. The monoisotopic (exact) mass is 412 g/mol. The Bertz CT molecular complexity index is 1040. The average molecular weight is 412 g/mol. The molecule has 0 fully saturated rings. The van der Waals surface area contributed by atoms with Crippen molar-refractivity contribution in [3.8, 4) is 17.2 Å². The molecule has 30 heavy (non-hydrogen) atoms. The van der Waals surface area contributed by atoms with Gasteiger partial charge in [0.1, 0.15) is 11.4 Å². The van der Waals surface area contributed by atoms with E-state index in [9.17, 15) is 9.90 Å². The van der Waals surface area contributed by atoms with Gasteiger partial charge in [-0.05, 0) is 49.7 Å². The summed E-state index contributed by atoms with van der Waals surface area (Å²) < 4.78 is 17.8. The van der Waals surface area contributed by atoms with Crippen LogP contribution < -0.4 is 19.5 Å². The van der Waals surface area contributed by atoms with Crippen LogP contribution in [0.5, 0.6) is 17.2 Å². The van der Waals surface area contributed by atoms with E-state index in [-0.39, 0.29) is 0 Å². The highest BCUT2D eigenvalue weighted by molar-refractivity contribution is 5.98. The smallest absolute Gasteiger partial charge is 0.352 e. The van der Waals surface area contributed by atoms with Crippen molar-refractivity contribution in [1.29, 1.82) is 0 Å². The van der Waals surface area contributed by atoms with Gasteiger partial charge in [0.15, 0.2) is 11.5 Å². The number of hydrogen-bond acceptors (Lipinski definition) is 5. The molecule has 0 aliphatic heterocycles. The lowest BCUT2D eigenvalue weighted by molar-refractivity contribution is 0.0684. The third-order valence-electron chi connectivity index (χ3n) is 5.24. The minimum absolute atomic E-state index is 0.319. The molecule has 3 aromatic rings. The Labute approximate surface area is 176 Å². The molecule has 0 saturated heterocycles. The number of carboxylic acids is 1. The number of methoxy groups -OCH3 is 3. The fourth-order valence-electron chi connectivity index (χ4n) is 3.76. The summed E-state index contributed by atoms with van der Waals surface area (Å²) in [6.07, 6.45) is 0.781. The van der Waals surface area contributed by atoms with E-state index in [1.54, 1.807) is 21.3 Å². The molecule has 1 heterocycles. The molecular weight excluding hydrogens is 384 g/mol. The summed E-state index contributed by atoms with van der Waals surface area (Å²) >= 11 is 0. The molecule has 0 spiro atoms. The molecule has 0 saturated carbocycles. The summed E-state index contributed by atoms with van der Waals surface area (Å²) in [5, 5.41) is 14.2. The molecular formula is C23H28N2O5. The Morgan fingerprint density at radius 2 is 1.80 bits per heavy atom. The lowest BCUT2D eigenvalue weighted by Gasteiger charge is -2.10. The number of aromatic carboxylic acids is 1. The Balaban J connectivity index is 1.79. The molecule has 0 bridgehead atoms. The second-order valence-corrected chi connectivity index (χ2v) is 6.88. The molecule has 160 valence electrons. The van der Waals surface area contributed by atoms with E-state index in [4.69, 9.17) is 14.2 Å². The van der Waals surface area contributed by atoms with Crippen molar-refractivity contribution >= 4 is 16.9 Å². The molecule has 1 aromatic heterocycles. The minimum Gasteiger partial charge on any atom is -0.497 e. The zero-order valence-corrected chi connectivity index (χ0v) is 17.8. The molecule has 0 amide bonds. The fraction of sp³-hybridized carbons (Fsp3) is 0.348. The van der Waals surface area contributed by atoms with Crippen molar-refractivity contribution in [1.82, 2.24) is 9.88 Å². The van der Waals surface area contributed by atoms with E-state index in [0.29, 0.717) is 42.6 Å². The van der Waals surface area contributed by atoms with Gasteiger partial charge in [0.05, 0.1) is 26.8 Å². The number of benzene rings is 2. The van der Waals surface area contributed by atoms with Gasteiger partial charge in [-0.25, -0.2) is 4.79 Å². The van der Waals surface area contributed by atoms with Crippen molar-refractivity contribution in [2.75, 3.05) is 27.9 Å². The highest BCUT2D eigenvalue weighted by atomic mass is 16.5. The normalized spacial score (nSPS) is 10.9. The van der Waals surface area contributed by atoms with Crippen molar-refractivity contribution in [2.45, 2.75) is 26.4 Å². The van der Waals surface area contributed by atoms with Crippen molar-refractivity contribution in [3.63, 3.8) is 0 Å². The first-order chi connectivity index (χ1) is 14.5. The summed E-state index contributed by atoms with van der Waals surface area (Å²) in [6.45, 7) is 3.67. The standard InChI is InChI=1S/C23H28N2O5/c1-5-25-19-13-16(28-2)7-8-17(19)18(22(25)23(26)27)14-24-11-10-15-6-9-20(29-3)21(12-15)30-4/h6-9,12-13,24H,5,10-11,14H2,1-4H3,(H,26,27). The third-order valence-corrected chi connectivity index (χ3v) is 5.24. The van der Waals surface area contributed by atoms with Crippen LogP contribution in [-0.2, 0) is 19.5 Å². The second-order valence-electron chi connectivity index (χ2n) is 6.88. The van der Waals surface area contributed by atoms with Crippen LogP contribution >= 0.6 is 0 Å². The summed E-state index contributed by atoms with van der Waals surface area (Å²) in [4.78, 5) is 12.0. The third kappa shape index (κ3) is 4.21. The number of aryl methyl sites for hydroxylation is 1. The van der Waals surface area contributed by atoms with E-state index in [1.165, 1.54) is 0 Å². The summed E-state index contributed by atoms with van der Waals surface area (Å²) in [7, 11) is 4.84. The maximum Gasteiger partial charge on any atom is 0.352 e. The molecule has 7 nitrogen and oxygen atoms in total. The Morgan fingerprint density at radius 1 is 1.03 bits per heavy atom. The van der Waals surface area contributed by atoms with Crippen molar-refractivity contribution in [2.24, 2.45) is 0 Å². The van der Waals surface area contributed by atoms with E-state index < -0.39 is 5.97 Å². The van der Waals surface area contributed by atoms with Crippen molar-refractivity contribution in [3.05, 3.63) is 53.2 Å². The van der Waals surface area contributed by atoms with Crippen LogP contribution in [0.4, 0.5) is 0 Å². The van der Waals surface area contributed by atoms with Gasteiger partial charge in [-0.3, -0.25) is 0 Å². The first kappa shape index (κ1) is 21.5. The van der Waals surface area contributed by atoms with Gasteiger partial charge in [-0.2, -0.15) is 0 Å². The summed E-state index contributed by atoms with van der Waals surface area (Å²) in [5.74, 6) is 1.18. The van der Waals surface area contributed by atoms with Gasteiger partial charge in [-0.15, -0.1) is 0 Å². The van der Waals surface area contributed by atoms with E-state index >= 15 is 0 Å². The van der Waals surface area contributed by atoms with Crippen LogP contribution in [0, 0.1) is 0 Å². The van der Waals surface area contributed by atoms with Crippen LogP contribution in [0.15, 0.2) is 36.4 Å². The number of rotatable bonds is 10. The second kappa shape index (κ2) is 9.54. The SMILES string of the molecule is CCn1c(C(=O)O)c(CNCCc2ccc(OC)c(OC)c2)c2ccc(OC)cc21. The number of carbonyl (C=O) groups is 1. The zero-order valence-electron chi connectivity index (χ0n) is 17.8. The first-order valence-electron chi connectivity index (χ1n) is 9.88. The zero-order chi connectivity index (χ0) is 21.7. The van der Waals surface area contributed by atoms with Gasteiger partial charge in [0, 0.05) is 30.1 Å². The Hall–Kier alpha value is -3.19. The minimum atomic E-state index is -0.927. The van der Waals surface area contributed by atoms with Crippen LogP contribution in [0.25, 0.3) is 10.9 Å². The highest BCUT2D eigenvalue weighted by Crippen LogP contribution is 2.30. The first-order valence-corrected chi connectivity index (χ1v) is 9.88. The van der Waals surface area contributed by atoms with E-state index in [0.717, 1.165) is 28.5 Å². The maximum absolute atomic E-state index is 12.0. The van der Waals surface area contributed by atoms with Crippen LogP contribution in [0.1, 0.15) is 28.5 Å². The molecule has 2 aromatic carbocycles. The van der Waals surface area contributed by atoms with Gasteiger partial charge in [0.25, 0.3) is 0 Å². The number of fused-ring (bicyclic) bond motifs is 1. The van der Waals surface area contributed by atoms with E-state index in [1.807, 2.05) is 47.9 Å². The fourth-order valence-corrected chi connectivity index (χ4v) is 3.76. The topological polar surface area (TPSA) is 82.0 Å². The molecule has 0 aliphatic rings. The molecule has 0 radical (unpaired) electrons. The highest BCUT2D eigenvalue weighted by Gasteiger charge is 2.21. The number of ether oxygens (including phenoxy) is 3. The average Bonchev–Trinajstić information content (AvgIpc) is 3.09. The molecule has 2 N–H and O–H groups in total. The molecule has 3 rings (SSSR count). The largest absolute Gasteiger partial charge is 0.497 e. The lowest BCUT2D eigenvalue weighted by Crippen LogP contribution is -2.19. The predicted molar refractivity (Wildman–Crippen MR) is 116 cm³/mol. The number of nitrogens with one attached hydrogen (secondary N) is 1. The summed E-state index contributed by atoms with van der Waals surface area (Å²) in [6, 6.07) is 11.5. The predicted octanol–water partition coefficient (Wildman–Crippen LogP) is 3.72.